The summed E-state index contributed by atoms with van der Waals surface area (Å²) in [5.74, 6) is -0.537. The summed E-state index contributed by atoms with van der Waals surface area (Å²) in [6.45, 7) is 0.658. The number of halogens is 2. The molecule has 10 nitrogen and oxygen atoms in total. The van der Waals surface area contributed by atoms with Crippen LogP contribution in [0.25, 0.3) is 10.9 Å². The molecule has 0 aliphatic heterocycles. The Hall–Kier alpha value is -5.57. The van der Waals surface area contributed by atoms with Crippen molar-refractivity contribution in [1.29, 1.82) is 5.26 Å². The predicted octanol–water partition coefficient (Wildman–Crippen LogP) is 5.06. The van der Waals surface area contributed by atoms with E-state index in [2.05, 4.69) is 21.3 Å². The van der Waals surface area contributed by atoms with Crippen molar-refractivity contribution in [2.75, 3.05) is 11.5 Å². The molecule has 5 rings (SSSR count). The third-order valence-corrected chi connectivity index (χ3v) is 5.63. The zero-order valence-electron chi connectivity index (χ0n) is 20.2. The fourth-order valence-corrected chi connectivity index (χ4v) is 3.88. The fourth-order valence-electron chi connectivity index (χ4n) is 3.88. The van der Waals surface area contributed by atoms with Crippen LogP contribution in [0.2, 0.25) is 0 Å². The van der Waals surface area contributed by atoms with Gasteiger partial charge < -0.3 is 15.2 Å². The fraction of sp³-hybridized carbons (Fsp3) is 0.0741. The third-order valence-electron chi connectivity index (χ3n) is 5.63. The molecule has 12 heteroatoms. The highest BCUT2D eigenvalue weighted by molar-refractivity contribution is 5.98. The molecule has 2 amide bonds. The van der Waals surface area contributed by atoms with E-state index in [0.29, 0.717) is 46.3 Å². The van der Waals surface area contributed by atoms with E-state index in [1.165, 1.54) is 16.9 Å². The molecule has 0 saturated heterocycles. The van der Waals surface area contributed by atoms with E-state index in [4.69, 9.17) is 15.2 Å². The van der Waals surface area contributed by atoms with Gasteiger partial charge in [0, 0.05) is 23.7 Å². The molecule has 0 radical (unpaired) electrons. The Kier molecular flexibility index (Phi) is 6.96. The van der Waals surface area contributed by atoms with Gasteiger partial charge in [-0.25, -0.2) is 13.6 Å². The van der Waals surface area contributed by atoms with Crippen molar-refractivity contribution in [3.8, 4) is 23.3 Å². The molecule has 2 N–H and O–H groups in total. The second-order valence-electron chi connectivity index (χ2n) is 8.13. The number of anilines is 2. The van der Waals surface area contributed by atoms with E-state index in [9.17, 15) is 18.8 Å². The molecule has 39 heavy (non-hydrogen) atoms. The minimum Gasteiger partial charge on any atom is -0.490 e. The first-order valence-corrected chi connectivity index (χ1v) is 11.6. The van der Waals surface area contributed by atoms with Gasteiger partial charge in [-0.15, -0.1) is 0 Å². The van der Waals surface area contributed by atoms with Gasteiger partial charge in [0.15, 0.2) is 0 Å². The van der Waals surface area contributed by atoms with Gasteiger partial charge in [0.1, 0.15) is 41.6 Å². The summed E-state index contributed by atoms with van der Waals surface area (Å²) in [5, 5.41) is 18.3. The van der Waals surface area contributed by atoms with Crippen LogP contribution >= 0.6 is 0 Å². The maximum atomic E-state index is 14.3. The quantitative estimate of drug-likeness (QED) is 0.298. The molecule has 0 saturated carbocycles. The second kappa shape index (κ2) is 10.8. The Morgan fingerprint density at radius 1 is 1.00 bits per heavy atom. The zero-order valence-corrected chi connectivity index (χ0v) is 20.2. The third kappa shape index (κ3) is 5.42. The molecule has 0 aliphatic rings. The van der Waals surface area contributed by atoms with Crippen LogP contribution in [0.4, 0.5) is 25.0 Å². The van der Waals surface area contributed by atoms with E-state index in [1.807, 2.05) is 0 Å². The molecule has 0 unspecified atom stereocenters. The molecule has 0 spiro atoms. The Labute approximate surface area is 220 Å². The predicted molar refractivity (Wildman–Crippen MR) is 137 cm³/mol. The van der Waals surface area contributed by atoms with Gasteiger partial charge in [0.25, 0.3) is 0 Å². The number of carbonyl (C=O) groups is 1. The van der Waals surface area contributed by atoms with Crippen molar-refractivity contribution < 1.29 is 23.0 Å². The number of nitrogens with zero attached hydrogens (tertiary/aromatic N) is 6. The molecule has 5 aromatic rings. The number of aromatic nitrogens is 4. The van der Waals surface area contributed by atoms with Gasteiger partial charge >= 0.3 is 6.03 Å². The molecule has 3 aromatic carbocycles. The van der Waals surface area contributed by atoms with Gasteiger partial charge in [0.05, 0.1) is 41.4 Å². The lowest BCUT2D eigenvalue weighted by molar-refractivity contribution is 0.256. The summed E-state index contributed by atoms with van der Waals surface area (Å²) >= 11 is 0. The van der Waals surface area contributed by atoms with Gasteiger partial charge in [-0.2, -0.15) is 20.3 Å². The number of amides is 2. The van der Waals surface area contributed by atoms with E-state index < -0.39 is 17.7 Å². The smallest absolute Gasteiger partial charge is 0.323 e. The van der Waals surface area contributed by atoms with Crippen LogP contribution in [0.3, 0.4) is 0 Å². The van der Waals surface area contributed by atoms with E-state index in [-0.39, 0.29) is 18.0 Å². The van der Waals surface area contributed by atoms with Gasteiger partial charge in [-0.05, 0) is 48.5 Å². The van der Waals surface area contributed by atoms with Gasteiger partial charge in [-0.3, -0.25) is 9.88 Å². The Balaban J connectivity index is 1.38. The highest BCUT2D eigenvalue weighted by atomic mass is 19.1. The van der Waals surface area contributed by atoms with Crippen LogP contribution < -0.4 is 20.1 Å². The van der Waals surface area contributed by atoms with Crippen molar-refractivity contribution in [2.24, 2.45) is 5.73 Å². The van der Waals surface area contributed by atoms with Crippen molar-refractivity contribution in [1.82, 2.24) is 20.0 Å². The number of urea groups is 1. The molecular formula is C27H19F2N7O3. The largest absolute Gasteiger partial charge is 0.490 e. The van der Waals surface area contributed by atoms with Gasteiger partial charge in [-0.1, -0.05) is 0 Å². The molecule has 2 aromatic heterocycles. The number of pyridine rings is 1. The number of nitrogens with two attached hydrogens (primary N) is 1. The number of rotatable bonds is 8. The SMILES string of the molecule is N#Cc1cc2c(Oc3ccc(N(C(N)=O)c4ccc(F)cc4F)cc3)ccnc2cc1OCCn1nccn1. The lowest BCUT2D eigenvalue weighted by atomic mass is 10.1. The summed E-state index contributed by atoms with van der Waals surface area (Å²) in [6, 6.07) is 15.1. The lowest BCUT2D eigenvalue weighted by Gasteiger charge is -2.21. The molecular weight excluding hydrogens is 508 g/mol. The number of benzene rings is 3. The van der Waals surface area contributed by atoms with Crippen molar-refractivity contribution in [3.05, 3.63) is 96.5 Å². The first-order chi connectivity index (χ1) is 18.9. The standard InChI is InChI=1S/C27H19F2N7O3/c28-18-1-6-24(22(29)14-18)36(27(31)37)19-2-4-20(5-3-19)39-25-7-8-32-23-15-26(17(16-30)13-21(23)25)38-12-11-35-33-9-10-34-35/h1-10,13-15H,11-12H2,(H2,31,37). The number of hydrogen-bond donors (Lipinski definition) is 1. The molecule has 0 fully saturated rings. The first kappa shape index (κ1) is 25.1. The summed E-state index contributed by atoms with van der Waals surface area (Å²) < 4.78 is 39.5. The van der Waals surface area contributed by atoms with Crippen LogP contribution in [-0.4, -0.2) is 32.6 Å². The number of fused-ring (bicyclic) bond motifs is 1. The van der Waals surface area contributed by atoms with Gasteiger partial charge in [0.2, 0.25) is 0 Å². The number of carbonyl (C=O) groups excluding carboxylic acids is 1. The molecule has 0 bridgehead atoms. The average molecular weight is 527 g/mol. The Bertz CT molecular complexity index is 1690. The number of primary amides is 1. The molecule has 194 valence electrons. The molecule has 2 heterocycles. The monoisotopic (exact) mass is 527 g/mol. The topological polar surface area (TPSA) is 132 Å². The summed E-state index contributed by atoms with van der Waals surface area (Å²) in [6.07, 6.45) is 4.69. The van der Waals surface area contributed by atoms with E-state index in [1.54, 1.807) is 48.9 Å². The summed E-state index contributed by atoms with van der Waals surface area (Å²) in [7, 11) is 0. The molecule has 0 atom stereocenters. The van der Waals surface area contributed by atoms with Crippen LogP contribution in [0.5, 0.6) is 17.2 Å². The van der Waals surface area contributed by atoms with Crippen molar-refractivity contribution >= 4 is 28.3 Å². The Morgan fingerprint density at radius 2 is 1.77 bits per heavy atom. The second-order valence-corrected chi connectivity index (χ2v) is 8.13. The van der Waals surface area contributed by atoms with Crippen molar-refractivity contribution in [3.63, 3.8) is 0 Å². The maximum Gasteiger partial charge on any atom is 0.323 e. The minimum atomic E-state index is -0.947. The maximum absolute atomic E-state index is 14.3. The van der Waals surface area contributed by atoms with E-state index in [0.717, 1.165) is 17.0 Å². The van der Waals surface area contributed by atoms with E-state index >= 15 is 0 Å². The molecule has 0 aliphatic carbocycles. The summed E-state index contributed by atoms with van der Waals surface area (Å²) in [4.78, 5) is 18.8. The number of ether oxygens (including phenoxy) is 2. The highest BCUT2D eigenvalue weighted by Crippen LogP contribution is 2.35. The lowest BCUT2D eigenvalue weighted by Crippen LogP contribution is -2.32. The van der Waals surface area contributed by atoms with Crippen LogP contribution in [0, 0.1) is 23.0 Å². The summed E-state index contributed by atoms with van der Waals surface area (Å²) in [5.41, 5.74) is 6.36. The highest BCUT2D eigenvalue weighted by Gasteiger charge is 2.20. The van der Waals surface area contributed by atoms with Crippen LogP contribution in [-0.2, 0) is 6.54 Å². The van der Waals surface area contributed by atoms with Crippen LogP contribution in [0.15, 0.2) is 79.3 Å². The number of nitriles is 1. The zero-order chi connectivity index (χ0) is 27.4. The minimum absolute atomic E-state index is 0.194. The first-order valence-electron chi connectivity index (χ1n) is 11.6. The van der Waals surface area contributed by atoms with Crippen molar-refractivity contribution in [2.45, 2.75) is 6.54 Å². The number of hydrogen-bond acceptors (Lipinski definition) is 7. The van der Waals surface area contributed by atoms with Crippen LogP contribution in [0.1, 0.15) is 5.56 Å². The normalized spacial score (nSPS) is 10.7. The average Bonchev–Trinajstić information content (AvgIpc) is 3.44. The Morgan fingerprint density at radius 3 is 2.46 bits per heavy atom.